The first kappa shape index (κ1) is 15.9. The Morgan fingerprint density at radius 2 is 1.72 bits per heavy atom. The molecule has 0 aromatic heterocycles. The maximum Gasteiger partial charge on any atom is 0.0701 e. The van der Waals surface area contributed by atoms with Crippen LogP contribution < -0.4 is 5.32 Å². The topological polar surface area (TPSA) is 39.7 Å². The largest absolute Gasteiger partial charge is 0.382 e. The number of methoxy groups -OCH3 is 1. The molecule has 4 nitrogen and oxygen atoms in total. The molecule has 108 valence electrons. The molecule has 0 bridgehead atoms. The van der Waals surface area contributed by atoms with E-state index < -0.39 is 0 Å². The van der Waals surface area contributed by atoms with Crippen LogP contribution in [0.2, 0.25) is 0 Å². The number of hydrogen-bond donors (Lipinski definition) is 1. The van der Waals surface area contributed by atoms with Gasteiger partial charge in [-0.15, -0.1) is 0 Å². The van der Waals surface area contributed by atoms with Gasteiger partial charge in [0.25, 0.3) is 0 Å². The molecule has 1 rings (SSSR count). The van der Waals surface area contributed by atoms with Crippen LogP contribution in [0.5, 0.6) is 0 Å². The van der Waals surface area contributed by atoms with Crippen LogP contribution in [0.4, 0.5) is 0 Å². The lowest BCUT2D eigenvalue weighted by Crippen LogP contribution is -2.39. The summed E-state index contributed by atoms with van der Waals surface area (Å²) in [6, 6.07) is 0.652. The van der Waals surface area contributed by atoms with Gasteiger partial charge in [0.2, 0.25) is 0 Å². The predicted octanol–water partition coefficient (Wildman–Crippen LogP) is 1.83. The second-order valence-electron chi connectivity index (χ2n) is 5.61. The maximum atomic E-state index is 5.51. The van der Waals surface area contributed by atoms with Crippen molar-refractivity contribution in [2.24, 2.45) is 5.41 Å². The summed E-state index contributed by atoms with van der Waals surface area (Å²) in [5, 5.41) is 3.60. The molecule has 0 heterocycles. The standard InChI is InChI=1S/C14H29NO3/c1-14(2)6-4-5-13(14)15-7-8-17-11-12-18-10-9-16-3/h13,15H,4-12H2,1-3H3. The van der Waals surface area contributed by atoms with E-state index in [0.717, 1.165) is 13.2 Å². The average Bonchev–Trinajstić information content (AvgIpc) is 2.66. The first-order chi connectivity index (χ1) is 8.67. The molecule has 1 aliphatic rings. The molecule has 1 unspecified atom stereocenters. The van der Waals surface area contributed by atoms with Crippen LogP contribution in [-0.2, 0) is 14.2 Å². The van der Waals surface area contributed by atoms with Gasteiger partial charge in [-0.3, -0.25) is 0 Å². The Morgan fingerprint density at radius 3 is 2.33 bits per heavy atom. The minimum atomic E-state index is 0.448. The minimum absolute atomic E-state index is 0.448. The van der Waals surface area contributed by atoms with Gasteiger partial charge in [-0.1, -0.05) is 20.3 Å². The normalized spacial score (nSPS) is 22.5. The van der Waals surface area contributed by atoms with Gasteiger partial charge in [-0.05, 0) is 18.3 Å². The molecule has 0 aromatic carbocycles. The van der Waals surface area contributed by atoms with E-state index >= 15 is 0 Å². The molecule has 0 saturated heterocycles. The van der Waals surface area contributed by atoms with Crippen LogP contribution in [0.25, 0.3) is 0 Å². The Balaban J connectivity index is 1.87. The van der Waals surface area contributed by atoms with Gasteiger partial charge >= 0.3 is 0 Å². The molecule has 1 fully saturated rings. The van der Waals surface area contributed by atoms with E-state index in [0.29, 0.717) is 37.9 Å². The number of ether oxygens (including phenoxy) is 3. The highest BCUT2D eigenvalue weighted by Gasteiger charge is 2.33. The van der Waals surface area contributed by atoms with Crippen molar-refractivity contribution in [3.05, 3.63) is 0 Å². The van der Waals surface area contributed by atoms with Crippen LogP contribution in [0.3, 0.4) is 0 Å². The van der Waals surface area contributed by atoms with Gasteiger partial charge in [-0.25, -0.2) is 0 Å². The van der Waals surface area contributed by atoms with Crippen molar-refractivity contribution in [2.75, 3.05) is 46.7 Å². The van der Waals surface area contributed by atoms with E-state index in [1.54, 1.807) is 7.11 Å². The van der Waals surface area contributed by atoms with E-state index in [4.69, 9.17) is 14.2 Å². The smallest absolute Gasteiger partial charge is 0.0701 e. The van der Waals surface area contributed by atoms with Crippen LogP contribution in [0.15, 0.2) is 0 Å². The maximum absolute atomic E-state index is 5.51. The van der Waals surface area contributed by atoms with E-state index in [1.807, 2.05) is 0 Å². The van der Waals surface area contributed by atoms with Gasteiger partial charge in [-0.2, -0.15) is 0 Å². The Labute approximate surface area is 111 Å². The third kappa shape index (κ3) is 6.14. The van der Waals surface area contributed by atoms with Crippen molar-refractivity contribution in [3.63, 3.8) is 0 Å². The van der Waals surface area contributed by atoms with Crippen LogP contribution in [-0.4, -0.2) is 52.7 Å². The molecule has 1 N–H and O–H groups in total. The molecule has 0 spiro atoms. The molecule has 0 radical (unpaired) electrons. The van der Waals surface area contributed by atoms with Crippen molar-refractivity contribution in [2.45, 2.75) is 39.2 Å². The summed E-state index contributed by atoms with van der Waals surface area (Å²) in [5.74, 6) is 0. The van der Waals surface area contributed by atoms with Crippen molar-refractivity contribution >= 4 is 0 Å². The summed E-state index contributed by atoms with van der Waals surface area (Å²) in [5.41, 5.74) is 0.448. The van der Waals surface area contributed by atoms with Crippen LogP contribution in [0, 0.1) is 5.41 Å². The quantitative estimate of drug-likeness (QED) is 0.608. The van der Waals surface area contributed by atoms with Crippen LogP contribution >= 0.6 is 0 Å². The zero-order valence-corrected chi connectivity index (χ0v) is 12.2. The van der Waals surface area contributed by atoms with Gasteiger partial charge in [0.15, 0.2) is 0 Å². The summed E-state index contributed by atoms with van der Waals surface area (Å²) >= 11 is 0. The summed E-state index contributed by atoms with van der Waals surface area (Å²) in [6.45, 7) is 9.02. The Kier molecular flexibility index (Phi) is 7.82. The second kappa shape index (κ2) is 8.86. The fourth-order valence-corrected chi connectivity index (χ4v) is 2.47. The number of hydrogen-bond acceptors (Lipinski definition) is 4. The highest BCUT2D eigenvalue weighted by atomic mass is 16.5. The SMILES string of the molecule is COCCOCCOCCNC1CCCC1(C)C. The third-order valence-corrected chi connectivity index (χ3v) is 3.70. The molecule has 0 aromatic rings. The average molecular weight is 259 g/mol. The molecular formula is C14H29NO3. The highest BCUT2D eigenvalue weighted by Crippen LogP contribution is 2.36. The van der Waals surface area contributed by atoms with Crippen molar-refractivity contribution in [1.82, 2.24) is 5.32 Å². The molecule has 1 atom stereocenters. The summed E-state index contributed by atoms with van der Waals surface area (Å²) in [7, 11) is 1.68. The molecule has 1 aliphatic carbocycles. The first-order valence-corrected chi connectivity index (χ1v) is 7.04. The predicted molar refractivity (Wildman–Crippen MR) is 72.9 cm³/mol. The lowest BCUT2D eigenvalue weighted by Gasteiger charge is -2.27. The van der Waals surface area contributed by atoms with Crippen molar-refractivity contribution in [1.29, 1.82) is 0 Å². The van der Waals surface area contributed by atoms with Gasteiger partial charge in [0.05, 0.1) is 33.0 Å². The zero-order valence-electron chi connectivity index (χ0n) is 12.2. The first-order valence-electron chi connectivity index (χ1n) is 7.04. The van der Waals surface area contributed by atoms with E-state index in [-0.39, 0.29) is 0 Å². The molecule has 4 heteroatoms. The molecule has 0 amide bonds. The zero-order chi connectivity index (χ0) is 13.3. The molecular weight excluding hydrogens is 230 g/mol. The monoisotopic (exact) mass is 259 g/mol. The number of rotatable bonds is 10. The van der Waals surface area contributed by atoms with E-state index in [2.05, 4.69) is 19.2 Å². The Morgan fingerprint density at radius 1 is 1.06 bits per heavy atom. The van der Waals surface area contributed by atoms with E-state index in [9.17, 15) is 0 Å². The minimum Gasteiger partial charge on any atom is -0.382 e. The number of nitrogens with one attached hydrogen (secondary N) is 1. The molecule has 0 aliphatic heterocycles. The van der Waals surface area contributed by atoms with E-state index in [1.165, 1.54) is 19.3 Å². The lowest BCUT2D eigenvalue weighted by atomic mass is 9.87. The van der Waals surface area contributed by atoms with Gasteiger partial charge in [0, 0.05) is 19.7 Å². The lowest BCUT2D eigenvalue weighted by molar-refractivity contribution is 0.0247. The molecule has 18 heavy (non-hydrogen) atoms. The molecule has 1 saturated carbocycles. The Bertz CT molecular complexity index is 209. The highest BCUT2D eigenvalue weighted by molar-refractivity contribution is 4.89. The van der Waals surface area contributed by atoms with Gasteiger partial charge in [0.1, 0.15) is 0 Å². The van der Waals surface area contributed by atoms with Gasteiger partial charge < -0.3 is 19.5 Å². The fraction of sp³-hybridized carbons (Fsp3) is 1.00. The van der Waals surface area contributed by atoms with Crippen molar-refractivity contribution in [3.8, 4) is 0 Å². The Hall–Kier alpha value is -0.160. The fourth-order valence-electron chi connectivity index (χ4n) is 2.47. The van der Waals surface area contributed by atoms with Crippen LogP contribution in [0.1, 0.15) is 33.1 Å². The third-order valence-electron chi connectivity index (χ3n) is 3.70. The summed E-state index contributed by atoms with van der Waals surface area (Å²) in [6.07, 6.45) is 3.98. The second-order valence-corrected chi connectivity index (χ2v) is 5.61. The summed E-state index contributed by atoms with van der Waals surface area (Å²) < 4.78 is 15.7. The summed E-state index contributed by atoms with van der Waals surface area (Å²) in [4.78, 5) is 0. The van der Waals surface area contributed by atoms with Crippen molar-refractivity contribution < 1.29 is 14.2 Å².